The van der Waals surface area contributed by atoms with E-state index in [1.807, 2.05) is 30.0 Å². The number of ether oxygens (including phenoxy) is 1. The summed E-state index contributed by atoms with van der Waals surface area (Å²) >= 11 is 3.48. The summed E-state index contributed by atoms with van der Waals surface area (Å²) in [6.45, 7) is 2.84. The number of likely N-dealkylation sites (tertiary alicyclic amines) is 1. The van der Waals surface area contributed by atoms with Crippen molar-refractivity contribution in [3.8, 4) is 5.75 Å². The number of halogens is 1. The van der Waals surface area contributed by atoms with Gasteiger partial charge in [0.1, 0.15) is 5.75 Å². The van der Waals surface area contributed by atoms with Gasteiger partial charge in [-0.2, -0.15) is 0 Å². The minimum Gasteiger partial charge on any atom is -0.496 e. The van der Waals surface area contributed by atoms with Crippen molar-refractivity contribution in [1.82, 2.24) is 4.90 Å². The molecule has 0 radical (unpaired) electrons. The normalized spacial score (nSPS) is 19.8. The summed E-state index contributed by atoms with van der Waals surface area (Å²) in [4.78, 5) is 14.5. The second-order valence-corrected chi connectivity index (χ2v) is 6.83. The average molecular weight is 369 g/mol. The molecule has 1 aromatic rings. The number of hydrogen-bond donors (Lipinski definition) is 1. The van der Waals surface area contributed by atoms with Crippen LogP contribution in [-0.4, -0.2) is 36.5 Å². The molecule has 2 N–H and O–H groups in total. The fourth-order valence-electron chi connectivity index (χ4n) is 3.07. The Hall–Kier alpha value is -1.07. The number of hydrogen-bond acceptors (Lipinski definition) is 3. The van der Waals surface area contributed by atoms with Crippen LogP contribution in [0, 0.1) is 0 Å². The fourth-order valence-corrected chi connectivity index (χ4v) is 3.66. The van der Waals surface area contributed by atoms with Gasteiger partial charge in [-0.25, -0.2) is 0 Å². The van der Waals surface area contributed by atoms with Crippen molar-refractivity contribution in [2.75, 3.05) is 13.7 Å². The number of aryl methyl sites for hydroxylation is 1. The number of nitrogens with two attached hydrogens (primary N) is 1. The van der Waals surface area contributed by atoms with Crippen LogP contribution in [0.4, 0.5) is 0 Å². The van der Waals surface area contributed by atoms with Crippen LogP contribution in [0.5, 0.6) is 5.75 Å². The van der Waals surface area contributed by atoms with Crippen LogP contribution < -0.4 is 10.5 Å². The van der Waals surface area contributed by atoms with Crippen molar-refractivity contribution in [3.63, 3.8) is 0 Å². The topological polar surface area (TPSA) is 55.6 Å². The molecule has 1 aromatic carbocycles. The van der Waals surface area contributed by atoms with E-state index < -0.39 is 0 Å². The van der Waals surface area contributed by atoms with E-state index >= 15 is 0 Å². The lowest BCUT2D eigenvalue weighted by atomic mass is 9.96. The maximum absolute atomic E-state index is 12.5. The molecule has 1 amide bonds. The number of piperidine rings is 1. The summed E-state index contributed by atoms with van der Waals surface area (Å²) in [5.74, 6) is 1.03. The zero-order valence-electron chi connectivity index (χ0n) is 13.3. The SMILES string of the molecule is COc1ccc(CCC(=O)N2CCCCC2C(C)N)cc1Br. The van der Waals surface area contributed by atoms with Gasteiger partial charge in [0.15, 0.2) is 0 Å². The lowest BCUT2D eigenvalue weighted by Gasteiger charge is -2.38. The Morgan fingerprint density at radius 1 is 1.50 bits per heavy atom. The quantitative estimate of drug-likeness (QED) is 0.868. The molecule has 122 valence electrons. The van der Waals surface area contributed by atoms with Gasteiger partial charge >= 0.3 is 0 Å². The Bertz CT molecular complexity index is 519. The third-order valence-electron chi connectivity index (χ3n) is 4.32. The highest BCUT2D eigenvalue weighted by atomic mass is 79.9. The number of benzene rings is 1. The molecule has 1 heterocycles. The number of carbonyl (C=O) groups is 1. The minimum atomic E-state index is 0.0411. The molecule has 5 heteroatoms. The second-order valence-electron chi connectivity index (χ2n) is 5.98. The summed E-state index contributed by atoms with van der Waals surface area (Å²) < 4.78 is 6.15. The maximum Gasteiger partial charge on any atom is 0.223 e. The molecule has 0 aromatic heterocycles. The maximum atomic E-state index is 12.5. The number of nitrogens with zero attached hydrogens (tertiary/aromatic N) is 1. The van der Waals surface area contributed by atoms with Crippen molar-refractivity contribution in [2.45, 2.75) is 51.1 Å². The standard InChI is InChI=1S/C17H25BrN2O2/c1-12(19)15-5-3-4-10-20(15)17(21)9-7-13-6-8-16(22-2)14(18)11-13/h6,8,11-12,15H,3-5,7,9-10,19H2,1-2H3. The van der Waals surface area contributed by atoms with Gasteiger partial charge in [0.25, 0.3) is 0 Å². The van der Waals surface area contributed by atoms with Crippen LogP contribution in [-0.2, 0) is 11.2 Å². The molecule has 1 aliphatic heterocycles. The third kappa shape index (κ3) is 4.23. The highest BCUT2D eigenvalue weighted by Crippen LogP contribution is 2.26. The molecule has 2 unspecified atom stereocenters. The Morgan fingerprint density at radius 2 is 2.27 bits per heavy atom. The van der Waals surface area contributed by atoms with Gasteiger partial charge < -0.3 is 15.4 Å². The Labute approximate surface area is 141 Å². The lowest BCUT2D eigenvalue weighted by molar-refractivity contribution is -0.135. The summed E-state index contributed by atoms with van der Waals surface area (Å²) in [6.07, 6.45) is 4.55. The monoisotopic (exact) mass is 368 g/mol. The van der Waals surface area contributed by atoms with Crippen molar-refractivity contribution in [3.05, 3.63) is 28.2 Å². The van der Waals surface area contributed by atoms with E-state index in [9.17, 15) is 4.79 Å². The molecule has 0 bridgehead atoms. The van der Waals surface area contributed by atoms with E-state index in [0.717, 1.165) is 41.6 Å². The highest BCUT2D eigenvalue weighted by molar-refractivity contribution is 9.10. The van der Waals surface area contributed by atoms with Crippen molar-refractivity contribution >= 4 is 21.8 Å². The predicted octanol–water partition coefficient (Wildman–Crippen LogP) is 3.12. The van der Waals surface area contributed by atoms with Gasteiger partial charge in [-0.3, -0.25) is 4.79 Å². The number of methoxy groups -OCH3 is 1. The van der Waals surface area contributed by atoms with Gasteiger partial charge in [0.05, 0.1) is 11.6 Å². The first-order valence-corrected chi connectivity index (χ1v) is 8.69. The van der Waals surface area contributed by atoms with E-state index in [2.05, 4.69) is 15.9 Å². The molecule has 0 aliphatic carbocycles. The first kappa shape index (κ1) is 17.3. The van der Waals surface area contributed by atoms with Crippen LogP contribution >= 0.6 is 15.9 Å². The summed E-state index contributed by atoms with van der Waals surface area (Å²) in [5.41, 5.74) is 7.18. The largest absolute Gasteiger partial charge is 0.496 e. The van der Waals surface area contributed by atoms with Gasteiger partial charge in [0.2, 0.25) is 5.91 Å². The second kappa shape index (κ2) is 7.97. The molecule has 22 heavy (non-hydrogen) atoms. The van der Waals surface area contributed by atoms with Crippen LogP contribution in [0.15, 0.2) is 22.7 Å². The minimum absolute atomic E-state index is 0.0411. The van der Waals surface area contributed by atoms with Gasteiger partial charge in [0, 0.05) is 25.0 Å². The molecular formula is C17H25BrN2O2. The van der Waals surface area contributed by atoms with E-state index in [1.54, 1.807) is 7.11 Å². The molecule has 2 rings (SSSR count). The number of carbonyl (C=O) groups excluding carboxylic acids is 1. The zero-order valence-corrected chi connectivity index (χ0v) is 14.9. The first-order valence-electron chi connectivity index (χ1n) is 7.90. The Balaban J connectivity index is 1.95. The predicted molar refractivity (Wildman–Crippen MR) is 92.0 cm³/mol. The van der Waals surface area contributed by atoms with Crippen LogP contribution in [0.25, 0.3) is 0 Å². The van der Waals surface area contributed by atoms with Crippen molar-refractivity contribution < 1.29 is 9.53 Å². The molecular weight excluding hydrogens is 344 g/mol. The van der Waals surface area contributed by atoms with E-state index in [1.165, 1.54) is 6.42 Å². The lowest BCUT2D eigenvalue weighted by Crippen LogP contribution is -2.51. The molecule has 0 spiro atoms. The molecule has 2 atom stereocenters. The van der Waals surface area contributed by atoms with Gasteiger partial charge in [-0.15, -0.1) is 0 Å². The van der Waals surface area contributed by atoms with Crippen LogP contribution in [0.2, 0.25) is 0 Å². The Morgan fingerprint density at radius 3 is 2.91 bits per heavy atom. The number of amides is 1. The van der Waals surface area contributed by atoms with Crippen LogP contribution in [0.3, 0.4) is 0 Å². The van der Waals surface area contributed by atoms with E-state index in [4.69, 9.17) is 10.5 Å². The fraction of sp³-hybridized carbons (Fsp3) is 0.588. The third-order valence-corrected chi connectivity index (χ3v) is 4.94. The summed E-state index contributed by atoms with van der Waals surface area (Å²) in [7, 11) is 1.65. The molecule has 1 fully saturated rings. The summed E-state index contributed by atoms with van der Waals surface area (Å²) in [5, 5.41) is 0. The highest BCUT2D eigenvalue weighted by Gasteiger charge is 2.28. The van der Waals surface area contributed by atoms with Crippen molar-refractivity contribution in [1.29, 1.82) is 0 Å². The molecule has 0 saturated carbocycles. The summed E-state index contributed by atoms with van der Waals surface area (Å²) in [6, 6.07) is 6.19. The first-order chi connectivity index (χ1) is 10.5. The van der Waals surface area contributed by atoms with Crippen molar-refractivity contribution in [2.24, 2.45) is 5.73 Å². The van der Waals surface area contributed by atoms with Gasteiger partial charge in [-0.1, -0.05) is 6.07 Å². The van der Waals surface area contributed by atoms with E-state index in [-0.39, 0.29) is 18.0 Å². The van der Waals surface area contributed by atoms with Crippen LogP contribution in [0.1, 0.15) is 38.2 Å². The van der Waals surface area contributed by atoms with E-state index in [0.29, 0.717) is 6.42 Å². The van der Waals surface area contributed by atoms with Gasteiger partial charge in [-0.05, 0) is 66.2 Å². The molecule has 1 aliphatic rings. The Kier molecular flexibility index (Phi) is 6.26. The molecule has 4 nitrogen and oxygen atoms in total. The number of rotatable bonds is 5. The average Bonchev–Trinajstić information content (AvgIpc) is 2.52. The molecule has 1 saturated heterocycles. The smallest absolute Gasteiger partial charge is 0.223 e. The zero-order chi connectivity index (χ0) is 16.1.